The minimum Gasteiger partial charge on any atom is -0.386 e. The lowest BCUT2D eigenvalue weighted by Crippen LogP contribution is -2.59. The van der Waals surface area contributed by atoms with Crippen molar-refractivity contribution in [3.05, 3.63) is 35.9 Å². The van der Waals surface area contributed by atoms with Gasteiger partial charge in [-0.05, 0) is 56.6 Å². The van der Waals surface area contributed by atoms with Gasteiger partial charge in [0.1, 0.15) is 6.04 Å². The molecule has 0 saturated carbocycles. The average Bonchev–Trinajstić information content (AvgIpc) is 3.54. The van der Waals surface area contributed by atoms with E-state index in [4.69, 9.17) is 4.74 Å². The summed E-state index contributed by atoms with van der Waals surface area (Å²) < 4.78 is 5.98. The highest BCUT2D eigenvalue weighted by Gasteiger charge is 2.40. The lowest BCUT2D eigenvalue weighted by Gasteiger charge is -2.40. The first kappa shape index (κ1) is 42.1. The second-order valence-corrected chi connectivity index (χ2v) is 14.7. The van der Waals surface area contributed by atoms with Crippen LogP contribution in [0.2, 0.25) is 0 Å². The maximum absolute atomic E-state index is 14.0. The Morgan fingerprint density at radius 2 is 1.57 bits per heavy atom. The van der Waals surface area contributed by atoms with Crippen molar-refractivity contribution in [1.29, 1.82) is 0 Å². The minimum absolute atomic E-state index is 0.0160. The molecule has 278 valence electrons. The zero-order chi connectivity index (χ0) is 37.0. The topological polar surface area (TPSA) is 140 Å². The van der Waals surface area contributed by atoms with E-state index in [1.807, 2.05) is 69.9 Å². The number of likely N-dealkylation sites (tertiary alicyclic amines) is 1. The Kier molecular flexibility index (Phi) is 17.2. The van der Waals surface area contributed by atoms with E-state index in [1.54, 1.807) is 33.0 Å². The number of rotatable bonds is 19. The van der Waals surface area contributed by atoms with Crippen LogP contribution in [0.15, 0.2) is 30.3 Å². The normalized spacial score (nSPS) is 19.8. The summed E-state index contributed by atoms with van der Waals surface area (Å²) in [6.07, 6.45) is 1.62. The Morgan fingerprint density at radius 3 is 2.10 bits per heavy atom. The highest BCUT2D eigenvalue weighted by Crippen LogP contribution is 2.28. The molecule has 1 aliphatic heterocycles. The van der Waals surface area contributed by atoms with Crippen molar-refractivity contribution in [3.8, 4) is 0 Å². The highest BCUT2D eigenvalue weighted by molar-refractivity contribution is 5.90. The molecule has 1 aromatic rings. The number of benzene rings is 1. The van der Waals surface area contributed by atoms with E-state index in [0.717, 1.165) is 24.8 Å². The molecule has 0 unspecified atom stereocenters. The number of ether oxygens (including phenoxy) is 1. The zero-order valence-corrected chi connectivity index (χ0v) is 31.9. The van der Waals surface area contributed by atoms with Gasteiger partial charge in [0.15, 0.2) is 0 Å². The monoisotopic (exact) mass is 687 g/mol. The van der Waals surface area contributed by atoms with Crippen LogP contribution < -0.4 is 16.0 Å². The van der Waals surface area contributed by atoms with Crippen molar-refractivity contribution in [1.82, 2.24) is 25.8 Å². The molecule has 1 heterocycles. The largest absolute Gasteiger partial charge is 0.386 e. The van der Waals surface area contributed by atoms with Gasteiger partial charge in [0.05, 0.1) is 36.8 Å². The molecular formula is C38H65N5O6. The van der Waals surface area contributed by atoms with E-state index < -0.39 is 36.4 Å². The van der Waals surface area contributed by atoms with Gasteiger partial charge in [0, 0.05) is 32.7 Å². The second kappa shape index (κ2) is 20.0. The first-order valence-corrected chi connectivity index (χ1v) is 18.2. The third-order valence-electron chi connectivity index (χ3n) is 10.3. The molecule has 0 aliphatic carbocycles. The summed E-state index contributed by atoms with van der Waals surface area (Å²) in [5, 5.41) is 19.7. The summed E-state index contributed by atoms with van der Waals surface area (Å²) in [5.41, 5.74) is 0.740. The van der Waals surface area contributed by atoms with Crippen molar-refractivity contribution >= 4 is 23.6 Å². The number of likely N-dealkylation sites (N-methyl/N-ethyl adjacent to an activating group) is 2. The Labute approximate surface area is 295 Å². The van der Waals surface area contributed by atoms with E-state index in [1.165, 1.54) is 0 Å². The van der Waals surface area contributed by atoms with Gasteiger partial charge in [-0.3, -0.25) is 19.2 Å². The number of aliphatic hydroxyl groups excluding tert-OH is 1. The van der Waals surface area contributed by atoms with Crippen LogP contribution in [0.4, 0.5) is 0 Å². The fourth-order valence-corrected chi connectivity index (χ4v) is 7.07. The lowest BCUT2D eigenvalue weighted by molar-refractivity contribution is -0.146. The summed E-state index contributed by atoms with van der Waals surface area (Å²) in [6.45, 7) is 16.1. The number of hydrogen-bond donors (Lipinski definition) is 4. The first-order valence-electron chi connectivity index (χ1n) is 18.2. The van der Waals surface area contributed by atoms with Crippen molar-refractivity contribution in [2.45, 2.75) is 130 Å². The molecule has 4 amide bonds. The van der Waals surface area contributed by atoms with E-state index in [9.17, 15) is 24.3 Å². The number of carbonyl (C=O) groups is 4. The standard InChI is InChI=1S/C38H65N5O6/c1-12-25(6)34(42(10)38(48)33(24(4)5)41-37(47)32(39-9)23(2)3)30(49-11)22-31(44)43-20-16-19-29(43)21-26(7)36(46)40-27(8)35(45)28-17-14-13-15-18-28/h13-15,17-18,23-27,29-30,32-35,39,45H,12,16,19-22H2,1-11H3,(H,40,46)(H,41,47)/t25-,26+,27+,29-,30+,32-,33-,34-,35+/m0/s1. The van der Waals surface area contributed by atoms with E-state index in [0.29, 0.717) is 13.0 Å². The highest BCUT2D eigenvalue weighted by atomic mass is 16.5. The summed E-state index contributed by atoms with van der Waals surface area (Å²) in [4.78, 5) is 57.8. The van der Waals surface area contributed by atoms with Crippen LogP contribution in [-0.2, 0) is 23.9 Å². The van der Waals surface area contributed by atoms with Crippen LogP contribution in [0.5, 0.6) is 0 Å². The van der Waals surface area contributed by atoms with Crippen LogP contribution in [0.1, 0.15) is 99.2 Å². The molecule has 11 nitrogen and oxygen atoms in total. The van der Waals surface area contributed by atoms with E-state index in [-0.39, 0.29) is 59.8 Å². The van der Waals surface area contributed by atoms with Crippen molar-refractivity contribution in [3.63, 3.8) is 0 Å². The molecular weight excluding hydrogens is 622 g/mol. The van der Waals surface area contributed by atoms with E-state index in [2.05, 4.69) is 29.8 Å². The molecule has 0 radical (unpaired) electrons. The van der Waals surface area contributed by atoms with Crippen LogP contribution in [-0.4, -0.2) is 103 Å². The van der Waals surface area contributed by atoms with Gasteiger partial charge >= 0.3 is 0 Å². The molecule has 49 heavy (non-hydrogen) atoms. The zero-order valence-electron chi connectivity index (χ0n) is 31.9. The molecule has 4 N–H and O–H groups in total. The van der Waals surface area contributed by atoms with Gasteiger partial charge in [-0.2, -0.15) is 0 Å². The third kappa shape index (κ3) is 11.5. The quantitative estimate of drug-likeness (QED) is 0.173. The van der Waals surface area contributed by atoms with Crippen LogP contribution in [0.3, 0.4) is 0 Å². The summed E-state index contributed by atoms with van der Waals surface area (Å²) in [7, 11) is 5.05. The minimum atomic E-state index is -0.825. The molecule has 1 aromatic carbocycles. The predicted molar refractivity (Wildman–Crippen MR) is 193 cm³/mol. The number of amides is 4. The molecule has 2 rings (SSSR count). The Morgan fingerprint density at radius 1 is 0.959 bits per heavy atom. The SMILES string of the molecule is CC[C@H](C)[C@@H]([C@@H](CC(=O)N1CCC[C@H]1C[C@@H](C)C(=O)N[C@H](C)[C@@H](O)c1ccccc1)OC)N(C)C(=O)[C@@H](NC(=O)[C@@H](NC)C(C)C)C(C)C. The van der Waals surface area contributed by atoms with Crippen molar-refractivity contribution in [2.75, 3.05) is 27.7 Å². The molecule has 1 fully saturated rings. The molecule has 11 heteroatoms. The summed E-state index contributed by atoms with van der Waals surface area (Å²) >= 11 is 0. The van der Waals surface area contributed by atoms with Gasteiger partial charge in [-0.15, -0.1) is 0 Å². The second-order valence-electron chi connectivity index (χ2n) is 14.7. The fraction of sp³-hybridized carbons (Fsp3) is 0.737. The van der Waals surface area contributed by atoms with Crippen LogP contribution >= 0.6 is 0 Å². The van der Waals surface area contributed by atoms with Crippen LogP contribution in [0, 0.1) is 23.7 Å². The molecule has 0 bridgehead atoms. The number of hydrogen-bond acceptors (Lipinski definition) is 7. The molecule has 0 spiro atoms. The Bertz CT molecular complexity index is 1200. The number of carbonyl (C=O) groups excluding carboxylic acids is 4. The summed E-state index contributed by atoms with van der Waals surface area (Å²) in [6, 6.07) is 7.12. The number of aliphatic hydroxyl groups is 1. The van der Waals surface area contributed by atoms with Gasteiger partial charge < -0.3 is 35.6 Å². The number of nitrogens with one attached hydrogen (secondary N) is 3. The summed E-state index contributed by atoms with van der Waals surface area (Å²) in [5.74, 6) is -1.11. The maximum atomic E-state index is 14.0. The lowest BCUT2D eigenvalue weighted by atomic mass is 9.89. The first-order chi connectivity index (χ1) is 23.1. The molecule has 1 aliphatic rings. The van der Waals surface area contributed by atoms with Crippen molar-refractivity contribution < 1.29 is 29.0 Å². The predicted octanol–water partition coefficient (Wildman–Crippen LogP) is 3.90. The smallest absolute Gasteiger partial charge is 0.245 e. The Hall–Kier alpha value is -3.02. The number of methoxy groups -OCH3 is 1. The number of nitrogens with zero attached hydrogens (tertiary/aromatic N) is 2. The average molecular weight is 688 g/mol. The van der Waals surface area contributed by atoms with E-state index >= 15 is 0 Å². The Balaban J connectivity index is 2.15. The van der Waals surface area contributed by atoms with Gasteiger partial charge in [-0.1, -0.05) is 85.2 Å². The van der Waals surface area contributed by atoms with Gasteiger partial charge in [0.25, 0.3) is 0 Å². The third-order valence-corrected chi connectivity index (χ3v) is 10.3. The van der Waals surface area contributed by atoms with Crippen molar-refractivity contribution in [2.24, 2.45) is 23.7 Å². The fourth-order valence-electron chi connectivity index (χ4n) is 7.07. The van der Waals surface area contributed by atoms with Gasteiger partial charge in [0.2, 0.25) is 23.6 Å². The van der Waals surface area contributed by atoms with Crippen LogP contribution in [0.25, 0.3) is 0 Å². The molecule has 9 atom stereocenters. The maximum Gasteiger partial charge on any atom is 0.245 e. The molecule has 0 aromatic heterocycles. The molecule has 1 saturated heterocycles. The van der Waals surface area contributed by atoms with Gasteiger partial charge in [-0.25, -0.2) is 0 Å².